The number of piperidine rings is 1. The van der Waals surface area contributed by atoms with Crippen LogP contribution in [0.4, 0.5) is 0 Å². The third kappa shape index (κ3) is 2.14. The Hall–Kier alpha value is -0.830. The quantitative estimate of drug-likeness (QED) is 0.729. The molecule has 0 aromatic carbocycles. The van der Waals surface area contributed by atoms with Gasteiger partial charge in [0.25, 0.3) is 0 Å². The van der Waals surface area contributed by atoms with Crippen molar-refractivity contribution in [3.63, 3.8) is 0 Å². The molecular weight excluding hydrogens is 200 g/mol. The van der Waals surface area contributed by atoms with Crippen molar-refractivity contribution in [3.05, 3.63) is 11.8 Å². The van der Waals surface area contributed by atoms with E-state index in [9.17, 15) is 4.79 Å². The molecule has 2 aliphatic rings. The van der Waals surface area contributed by atoms with Crippen molar-refractivity contribution in [2.24, 2.45) is 0 Å². The van der Waals surface area contributed by atoms with Crippen LogP contribution < -0.4 is 0 Å². The van der Waals surface area contributed by atoms with Crippen molar-refractivity contribution in [2.75, 3.05) is 19.6 Å². The zero-order chi connectivity index (χ0) is 11.5. The number of carbonyl (C=O) groups excluding carboxylic acids is 1. The van der Waals surface area contributed by atoms with Crippen LogP contribution in [0.3, 0.4) is 0 Å². The smallest absolute Gasteiger partial charge is 0.160 e. The molecule has 0 spiro atoms. The first-order valence-corrected chi connectivity index (χ1v) is 6.50. The lowest BCUT2D eigenvalue weighted by atomic mass is 9.98. The van der Waals surface area contributed by atoms with Crippen LogP contribution >= 0.6 is 0 Å². The molecule has 1 atom stereocenters. The van der Waals surface area contributed by atoms with Crippen molar-refractivity contribution in [1.82, 2.24) is 9.80 Å². The largest absolute Gasteiger partial charge is 0.359 e. The van der Waals surface area contributed by atoms with Gasteiger partial charge in [0.1, 0.15) is 0 Å². The van der Waals surface area contributed by atoms with Gasteiger partial charge in [0.05, 0.1) is 6.17 Å². The molecule has 16 heavy (non-hydrogen) atoms. The van der Waals surface area contributed by atoms with Crippen molar-refractivity contribution in [1.29, 1.82) is 0 Å². The minimum atomic E-state index is 0.310. The molecule has 1 fully saturated rings. The molecule has 2 rings (SSSR count). The molecule has 2 heterocycles. The second-order valence-corrected chi connectivity index (χ2v) is 4.66. The highest BCUT2D eigenvalue weighted by molar-refractivity contribution is 5.91. The van der Waals surface area contributed by atoms with Gasteiger partial charge in [0.15, 0.2) is 5.78 Å². The van der Waals surface area contributed by atoms with E-state index in [2.05, 4.69) is 23.6 Å². The molecule has 0 aromatic rings. The van der Waals surface area contributed by atoms with Crippen LogP contribution in [0.15, 0.2) is 11.8 Å². The van der Waals surface area contributed by atoms with Gasteiger partial charge in [-0.15, -0.1) is 0 Å². The van der Waals surface area contributed by atoms with Crippen molar-refractivity contribution in [2.45, 2.75) is 45.7 Å². The molecule has 0 aromatic heterocycles. The van der Waals surface area contributed by atoms with Crippen LogP contribution in [-0.4, -0.2) is 41.4 Å². The third-order valence-corrected chi connectivity index (χ3v) is 3.76. The molecule has 0 radical (unpaired) electrons. The molecule has 2 aliphatic heterocycles. The van der Waals surface area contributed by atoms with Gasteiger partial charge in [-0.3, -0.25) is 9.69 Å². The summed E-state index contributed by atoms with van der Waals surface area (Å²) in [6.45, 7) is 7.53. The summed E-state index contributed by atoms with van der Waals surface area (Å²) in [4.78, 5) is 16.6. The Morgan fingerprint density at radius 2 is 2.12 bits per heavy atom. The van der Waals surface area contributed by atoms with E-state index >= 15 is 0 Å². The molecule has 90 valence electrons. The maximum Gasteiger partial charge on any atom is 0.160 e. The fourth-order valence-electron chi connectivity index (χ4n) is 2.88. The van der Waals surface area contributed by atoms with E-state index in [1.807, 2.05) is 6.08 Å². The minimum absolute atomic E-state index is 0.310. The summed E-state index contributed by atoms with van der Waals surface area (Å²) < 4.78 is 0. The Kier molecular flexibility index (Phi) is 3.64. The molecule has 3 nitrogen and oxygen atoms in total. The lowest BCUT2D eigenvalue weighted by Crippen LogP contribution is -2.52. The summed E-state index contributed by atoms with van der Waals surface area (Å²) in [5.74, 6) is 0.310. The normalized spacial score (nSPS) is 25.7. The van der Waals surface area contributed by atoms with Crippen molar-refractivity contribution < 1.29 is 4.79 Å². The summed E-state index contributed by atoms with van der Waals surface area (Å²) >= 11 is 0. The summed E-state index contributed by atoms with van der Waals surface area (Å²) in [5, 5.41) is 0. The summed E-state index contributed by atoms with van der Waals surface area (Å²) in [5.41, 5.74) is 1.28. The maximum absolute atomic E-state index is 11.7. The zero-order valence-electron chi connectivity index (χ0n) is 10.4. The van der Waals surface area contributed by atoms with Crippen LogP contribution in [0.5, 0.6) is 0 Å². The number of carbonyl (C=O) groups is 1. The van der Waals surface area contributed by atoms with Gasteiger partial charge in [-0.1, -0.05) is 13.8 Å². The monoisotopic (exact) mass is 222 g/mol. The Bertz CT molecular complexity index is 294. The second-order valence-electron chi connectivity index (χ2n) is 4.66. The SMILES string of the molecule is CCN(CC)C1CC(=O)C=C2CCCCN21. The molecule has 0 saturated carbocycles. The van der Waals surface area contributed by atoms with E-state index < -0.39 is 0 Å². The lowest BCUT2D eigenvalue weighted by Gasteiger charge is -2.45. The number of ketones is 1. The fraction of sp³-hybridized carbons (Fsp3) is 0.769. The Balaban J connectivity index is 2.19. The van der Waals surface area contributed by atoms with Crippen molar-refractivity contribution in [3.8, 4) is 0 Å². The van der Waals surface area contributed by atoms with Crippen LogP contribution in [0.25, 0.3) is 0 Å². The fourth-order valence-corrected chi connectivity index (χ4v) is 2.88. The summed E-state index contributed by atoms with van der Waals surface area (Å²) in [6.07, 6.45) is 6.46. The molecule has 1 unspecified atom stereocenters. The van der Waals surface area contributed by atoms with Crippen LogP contribution in [0.1, 0.15) is 39.5 Å². The molecule has 0 bridgehead atoms. The third-order valence-electron chi connectivity index (χ3n) is 3.76. The van der Waals surface area contributed by atoms with Gasteiger partial charge in [-0.25, -0.2) is 0 Å². The highest BCUT2D eigenvalue weighted by atomic mass is 16.1. The summed E-state index contributed by atoms with van der Waals surface area (Å²) in [7, 11) is 0. The zero-order valence-corrected chi connectivity index (χ0v) is 10.4. The highest BCUT2D eigenvalue weighted by Gasteiger charge is 2.32. The van der Waals surface area contributed by atoms with Crippen molar-refractivity contribution >= 4 is 5.78 Å². The van der Waals surface area contributed by atoms with Gasteiger partial charge in [0.2, 0.25) is 0 Å². The maximum atomic E-state index is 11.7. The molecule has 1 saturated heterocycles. The first kappa shape index (κ1) is 11.6. The molecule has 0 N–H and O–H groups in total. The average molecular weight is 222 g/mol. The van der Waals surface area contributed by atoms with E-state index in [-0.39, 0.29) is 0 Å². The molecule has 0 aliphatic carbocycles. The van der Waals surface area contributed by atoms with Gasteiger partial charge in [-0.05, 0) is 32.4 Å². The minimum Gasteiger partial charge on any atom is -0.359 e. The lowest BCUT2D eigenvalue weighted by molar-refractivity contribution is -0.119. The van der Waals surface area contributed by atoms with E-state index in [0.29, 0.717) is 18.4 Å². The van der Waals surface area contributed by atoms with Crippen LogP contribution in [0, 0.1) is 0 Å². The van der Waals surface area contributed by atoms with Gasteiger partial charge in [0, 0.05) is 24.7 Å². The number of hydrogen-bond donors (Lipinski definition) is 0. The van der Waals surface area contributed by atoms with Crippen LogP contribution in [-0.2, 0) is 4.79 Å². The molecule has 0 amide bonds. The standard InChI is InChI=1S/C13H22N2O/c1-3-14(4-2)13-10-12(16)9-11-7-5-6-8-15(11)13/h9,13H,3-8,10H2,1-2H3. The predicted octanol–water partition coefficient (Wildman–Crippen LogP) is 2.00. The average Bonchev–Trinajstić information content (AvgIpc) is 2.30. The molecule has 3 heteroatoms. The number of hydrogen-bond acceptors (Lipinski definition) is 3. The van der Waals surface area contributed by atoms with Crippen LogP contribution in [0.2, 0.25) is 0 Å². The van der Waals surface area contributed by atoms with E-state index in [0.717, 1.165) is 26.1 Å². The number of nitrogens with zero attached hydrogens (tertiary/aromatic N) is 2. The van der Waals surface area contributed by atoms with Gasteiger partial charge < -0.3 is 4.90 Å². The first-order valence-electron chi connectivity index (χ1n) is 6.50. The first-order chi connectivity index (χ1) is 7.76. The Morgan fingerprint density at radius 3 is 2.81 bits per heavy atom. The highest BCUT2D eigenvalue weighted by Crippen LogP contribution is 2.29. The number of fused-ring (bicyclic) bond motifs is 1. The van der Waals surface area contributed by atoms with E-state index in [1.165, 1.54) is 18.5 Å². The van der Waals surface area contributed by atoms with E-state index in [1.54, 1.807) is 0 Å². The second kappa shape index (κ2) is 5.00. The molecular formula is C13H22N2O. The van der Waals surface area contributed by atoms with E-state index in [4.69, 9.17) is 0 Å². The predicted molar refractivity (Wildman–Crippen MR) is 65.0 cm³/mol. The Morgan fingerprint density at radius 1 is 1.38 bits per heavy atom. The van der Waals surface area contributed by atoms with Gasteiger partial charge >= 0.3 is 0 Å². The van der Waals surface area contributed by atoms with Gasteiger partial charge in [-0.2, -0.15) is 0 Å². The number of rotatable bonds is 3. The Labute approximate surface area is 98.1 Å². The summed E-state index contributed by atoms with van der Waals surface area (Å²) in [6, 6.07) is 0. The number of allylic oxidation sites excluding steroid dienone is 2. The topological polar surface area (TPSA) is 23.6 Å².